The molecule has 3 aromatic rings. The highest BCUT2D eigenvalue weighted by atomic mass is 32.1. The number of nitriles is 1. The molecule has 1 atom stereocenters. The first-order chi connectivity index (χ1) is 17.6. The number of nitro benzene ring substituents is 2. The van der Waals surface area contributed by atoms with Crippen LogP contribution in [0, 0.1) is 31.6 Å². The molecule has 2 aromatic carbocycles. The number of thiazole rings is 1. The van der Waals surface area contributed by atoms with E-state index in [-0.39, 0.29) is 22.1 Å². The Morgan fingerprint density at radius 3 is 2.08 bits per heavy atom. The summed E-state index contributed by atoms with van der Waals surface area (Å²) in [5, 5.41) is 39.2. The second kappa shape index (κ2) is 11.2. The van der Waals surface area contributed by atoms with Gasteiger partial charge in [0.1, 0.15) is 16.6 Å². The van der Waals surface area contributed by atoms with Crippen LogP contribution in [0.1, 0.15) is 10.9 Å². The fourth-order valence-corrected chi connectivity index (χ4v) is 3.69. The van der Waals surface area contributed by atoms with E-state index in [0.29, 0.717) is 11.3 Å². The quantitative estimate of drug-likeness (QED) is 0.169. The second-order valence-corrected chi connectivity index (χ2v) is 7.89. The highest BCUT2D eigenvalue weighted by Gasteiger charge is 2.29. The normalized spacial score (nSPS) is 11.6. The summed E-state index contributed by atoms with van der Waals surface area (Å²) in [6.07, 6.45) is 0. The molecule has 0 radical (unpaired) electrons. The molecule has 0 saturated carbocycles. The number of benzene rings is 2. The van der Waals surface area contributed by atoms with Crippen molar-refractivity contribution < 1.29 is 24.2 Å². The summed E-state index contributed by atoms with van der Waals surface area (Å²) in [5.41, 5.74) is 6.75. The number of nitro groups is 2. The number of hydrogen-bond donors (Lipinski definition) is 3. The largest absolute Gasteiger partial charge is 0.361 e. The molecule has 15 nitrogen and oxygen atoms in total. The third-order valence-electron chi connectivity index (χ3n) is 4.62. The summed E-state index contributed by atoms with van der Waals surface area (Å²) in [6.45, 7) is 0. The predicted molar refractivity (Wildman–Crippen MR) is 129 cm³/mol. The van der Waals surface area contributed by atoms with E-state index in [2.05, 4.69) is 15.4 Å². The van der Waals surface area contributed by atoms with Crippen LogP contribution in [0.15, 0.2) is 59.0 Å². The van der Waals surface area contributed by atoms with E-state index in [0.717, 1.165) is 23.5 Å². The fourth-order valence-electron chi connectivity index (χ4n) is 2.81. The van der Waals surface area contributed by atoms with Crippen molar-refractivity contribution in [1.82, 2.24) is 10.4 Å². The Bertz CT molecular complexity index is 1460. The van der Waals surface area contributed by atoms with Crippen molar-refractivity contribution in [2.45, 2.75) is 5.92 Å². The standard InChI is InChI=1S/C21H14N8O7S/c22-9-15(21-25-16(10-37-21)11-1-5-13(6-2-11)28(33)34)17(26-27-20(32)18(23)30)19(31)24-12-3-7-14(8-4-12)29(35)36/h1-8,10,15H,(H2,23,30)(H,24,31)(H,27,32)/b26-17-. The number of non-ortho nitro benzene ring substituents is 2. The number of nitrogens with two attached hydrogens (primary N) is 1. The first-order valence-corrected chi connectivity index (χ1v) is 10.8. The van der Waals surface area contributed by atoms with E-state index in [1.807, 2.05) is 6.07 Å². The number of carbonyl (C=O) groups is 3. The molecule has 0 aliphatic carbocycles. The van der Waals surface area contributed by atoms with Gasteiger partial charge in [0.2, 0.25) is 0 Å². The fraction of sp³-hybridized carbons (Fsp3) is 0.0476. The van der Waals surface area contributed by atoms with Crippen molar-refractivity contribution in [1.29, 1.82) is 5.26 Å². The molecule has 4 N–H and O–H groups in total. The average Bonchev–Trinajstić information content (AvgIpc) is 3.36. The number of anilines is 1. The number of nitrogens with one attached hydrogen (secondary N) is 2. The van der Waals surface area contributed by atoms with Gasteiger partial charge >= 0.3 is 11.8 Å². The molecular formula is C21H14N8O7S. The Kier molecular flexibility index (Phi) is 7.92. The van der Waals surface area contributed by atoms with E-state index in [9.17, 15) is 39.9 Å². The van der Waals surface area contributed by atoms with Gasteiger partial charge in [-0.25, -0.2) is 10.4 Å². The lowest BCUT2D eigenvalue weighted by molar-refractivity contribution is -0.385. The van der Waals surface area contributed by atoms with Crippen molar-refractivity contribution in [2.24, 2.45) is 10.8 Å². The van der Waals surface area contributed by atoms with Crippen molar-refractivity contribution in [3.05, 3.63) is 79.1 Å². The molecule has 16 heteroatoms. The number of amides is 3. The number of carbonyl (C=O) groups excluding carboxylic acids is 3. The van der Waals surface area contributed by atoms with Crippen molar-refractivity contribution in [3.63, 3.8) is 0 Å². The molecular weight excluding hydrogens is 508 g/mol. The molecule has 1 unspecified atom stereocenters. The first kappa shape index (κ1) is 26.1. The van der Waals surface area contributed by atoms with Crippen molar-refractivity contribution >= 4 is 51.8 Å². The molecule has 3 amide bonds. The molecule has 1 heterocycles. The summed E-state index contributed by atoms with van der Waals surface area (Å²) in [5.74, 6) is -5.13. The maximum absolute atomic E-state index is 13.0. The Balaban J connectivity index is 1.93. The van der Waals surface area contributed by atoms with Crippen LogP contribution >= 0.6 is 11.3 Å². The van der Waals surface area contributed by atoms with Gasteiger partial charge in [0, 0.05) is 40.9 Å². The Morgan fingerprint density at radius 1 is 1.00 bits per heavy atom. The summed E-state index contributed by atoms with van der Waals surface area (Å²) >= 11 is 0.978. The van der Waals surface area contributed by atoms with Gasteiger partial charge in [0.25, 0.3) is 17.3 Å². The SMILES string of the molecule is N#CC(/C(=N/NC(=O)C(N)=O)C(=O)Nc1ccc([N+](=O)[O-])cc1)c1nc(-c2ccc([N+](=O)[O-])cc2)cs1. The number of primary amides is 1. The van der Waals surface area contributed by atoms with Gasteiger partial charge in [-0.15, -0.1) is 11.3 Å². The number of hydrogen-bond acceptors (Lipinski definition) is 11. The molecule has 0 saturated heterocycles. The molecule has 3 rings (SSSR count). The van der Waals surface area contributed by atoms with Gasteiger partial charge < -0.3 is 11.1 Å². The average molecular weight is 522 g/mol. The molecule has 0 aliphatic rings. The summed E-state index contributed by atoms with van der Waals surface area (Å²) in [7, 11) is 0. The lowest BCUT2D eigenvalue weighted by Crippen LogP contribution is -2.36. The summed E-state index contributed by atoms with van der Waals surface area (Å²) in [4.78, 5) is 60.5. The maximum Gasteiger partial charge on any atom is 0.329 e. The second-order valence-electron chi connectivity index (χ2n) is 7.00. The van der Waals surface area contributed by atoms with E-state index in [4.69, 9.17) is 5.73 Å². The van der Waals surface area contributed by atoms with Crippen molar-refractivity contribution in [2.75, 3.05) is 5.32 Å². The van der Waals surface area contributed by atoms with Crippen LogP contribution in [-0.4, -0.2) is 38.3 Å². The molecule has 0 aliphatic heterocycles. The minimum Gasteiger partial charge on any atom is -0.361 e. The van der Waals surface area contributed by atoms with E-state index < -0.39 is 39.2 Å². The minimum absolute atomic E-state index is 0.0850. The molecule has 0 bridgehead atoms. The first-order valence-electron chi connectivity index (χ1n) is 9.93. The van der Waals surface area contributed by atoms with Gasteiger partial charge in [-0.2, -0.15) is 10.4 Å². The minimum atomic E-state index is -1.43. The number of hydrazone groups is 1. The highest BCUT2D eigenvalue weighted by molar-refractivity contribution is 7.10. The monoisotopic (exact) mass is 522 g/mol. The zero-order valence-electron chi connectivity index (χ0n) is 18.4. The summed E-state index contributed by atoms with van der Waals surface area (Å²) in [6, 6.07) is 12.1. The van der Waals surface area contributed by atoms with E-state index in [1.54, 1.807) is 10.8 Å². The van der Waals surface area contributed by atoms with Gasteiger partial charge in [-0.05, 0) is 24.3 Å². The van der Waals surface area contributed by atoms with Crippen LogP contribution in [0.2, 0.25) is 0 Å². The lowest BCUT2D eigenvalue weighted by Gasteiger charge is -2.11. The molecule has 0 fully saturated rings. The summed E-state index contributed by atoms with van der Waals surface area (Å²) < 4.78 is 0. The van der Waals surface area contributed by atoms with Crippen LogP contribution in [0.5, 0.6) is 0 Å². The molecule has 37 heavy (non-hydrogen) atoms. The zero-order valence-corrected chi connectivity index (χ0v) is 19.2. The molecule has 1 aromatic heterocycles. The zero-order chi connectivity index (χ0) is 27.1. The van der Waals surface area contributed by atoms with Gasteiger partial charge in [-0.3, -0.25) is 34.6 Å². The van der Waals surface area contributed by atoms with Gasteiger partial charge in [-0.1, -0.05) is 0 Å². The van der Waals surface area contributed by atoms with Crippen LogP contribution in [0.3, 0.4) is 0 Å². The highest BCUT2D eigenvalue weighted by Crippen LogP contribution is 2.29. The smallest absolute Gasteiger partial charge is 0.329 e. The van der Waals surface area contributed by atoms with Crippen molar-refractivity contribution in [3.8, 4) is 17.3 Å². The Labute approximate surface area is 210 Å². The van der Waals surface area contributed by atoms with Crippen LogP contribution in [0.25, 0.3) is 11.3 Å². The predicted octanol–water partition coefficient (Wildman–Crippen LogP) is 1.83. The topological polar surface area (TPSA) is 237 Å². The van der Waals surface area contributed by atoms with Gasteiger partial charge in [0.05, 0.1) is 21.6 Å². The molecule has 0 spiro atoms. The Hall–Kier alpha value is -5.56. The third-order valence-corrected chi connectivity index (χ3v) is 5.53. The molecule has 186 valence electrons. The van der Waals surface area contributed by atoms with Gasteiger partial charge in [0.15, 0.2) is 0 Å². The number of aromatic nitrogens is 1. The Morgan fingerprint density at radius 2 is 1.57 bits per heavy atom. The lowest BCUT2D eigenvalue weighted by atomic mass is 10.0. The van der Waals surface area contributed by atoms with E-state index in [1.165, 1.54) is 36.4 Å². The van der Waals surface area contributed by atoms with E-state index >= 15 is 0 Å². The number of rotatable bonds is 8. The van der Waals surface area contributed by atoms with Crippen LogP contribution < -0.4 is 16.5 Å². The van der Waals surface area contributed by atoms with Crippen LogP contribution in [0.4, 0.5) is 17.1 Å². The number of nitrogens with zero attached hydrogens (tertiary/aromatic N) is 5. The third kappa shape index (κ3) is 6.32. The maximum atomic E-state index is 13.0. The van der Waals surface area contributed by atoms with Crippen LogP contribution in [-0.2, 0) is 14.4 Å².